The van der Waals surface area contributed by atoms with E-state index in [4.69, 9.17) is 4.42 Å². The average Bonchev–Trinajstić information content (AvgIpc) is 3.23. The minimum absolute atomic E-state index is 0.0590. The third kappa shape index (κ3) is 4.95. The number of furan rings is 1. The second-order valence-electron chi connectivity index (χ2n) is 7.86. The number of rotatable bonds is 6. The van der Waals surface area contributed by atoms with Crippen LogP contribution in [0.4, 0.5) is 5.69 Å². The standard InChI is InChI=1S/C23H21N5O7S/c1-14-20-17(24-27-36(33,34)15-8-3-2-4-9-15)11-7-13-19(20)35-21(14)23(30)26-25-22(29)16-10-5-6-12-18(16)28(31)32/h2-6,8-10,12,27H,7,11,13H2,1H3,(H,25,29)(H,26,30)/b24-17+. The third-order valence-electron chi connectivity index (χ3n) is 5.52. The molecular weight excluding hydrogens is 490 g/mol. The first-order valence-corrected chi connectivity index (χ1v) is 12.3. The highest BCUT2D eigenvalue weighted by atomic mass is 32.2. The van der Waals surface area contributed by atoms with Crippen LogP contribution in [0.5, 0.6) is 0 Å². The van der Waals surface area contributed by atoms with Crippen molar-refractivity contribution < 1.29 is 27.3 Å². The van der Waals surface area contributed by atoms with Crippen LogP contribution < -0.4 is 15.7 Å². The van der Waals surface area contributed by atoms with Gasteiger partial charge in [-0.3, -0.25) is 30.6 Å². The number of sulfonamides is 1. The lowest BCUT2D eigenvalue weighted by Gasteiger charge is -2.14. The van der Waals surface area contributed by atoms with Gasteiger partial charge in [-0.25, -0.2) is 0 Å². The number of nitro benzene ring substituents is 1. The molecule has 13 heteroatoms. The Labute approximate surface area is 205 Å². The molecule has 36 heavy (non-hydrogen) atoms. The summed E-state index contributed by atoms with van der Waals surface area (Å²) in [6, 6.07) is 13.1. The van der Waals surface area contributed by atoms with E-state index in [-0.39, 0.29) is 16.2 Å². The van der Waals surface area contributed by atoms with Crippen LogP contribution >= 0.6 is 0 Å². The maximum atomic E-state index is 12.7. The number of para-hydroxylation sites is 1. The number of carbonyl (C=O) groups is 2. The molecule has 1 aromatic heterocycles. The fourth-order valence-electron chi connectivity index (χ4n) is 3.83. The Morgan fingerprint density at radius 3 is 2.39 bits per heavy atom. The number of benzene rings is 2. The summed E-state index contributed by atoms with van der Waals surface area (Å²) in [5, 5.41) is 15.2. The summed E-state index contributed by atoms with van der Waals surface area (Å²) in [4.78, 5) is 37.9. The largest absolute Gasteiger partial charge is 0.455 e. The van der Waals surface area contributed by atoms with Gasteiger partial charge in [-0.05, 0) is 38.0 Å². The summed E-state index contributed by atoms with van der Waals surface area (Å²) in [6.07, 6.45) is 1.60. The Bertz CT molecular complexity index is 1480. The molecule has 0 fully saturated rings. The summed E-state index contributed by atoms with van der Waals surface area (Å²) in [7, 11) is -3.88. The van der Waals surface area contributed by atoms with Crippen LogP contribution in [0.2, 0.25) is 0 Å². The Balaban J connectivity index is 1.52. The van der Waals surface area contributed by atoms with Crippen molar-refractivity contribution in [2.45, 2.75) is 31.1 Å². The molecule has 1 heterocycles. The van der Waals surface area contributed by atoms with Gasteiger partial charge in [-0.2, -0.15) is 18.4 Å². The second-order valence-corrected chi connectivity index (χ2v) is 9.52. The second kappa shape index (κ2) is 10.00. The van der Waals surface area contributed by atoms with E-state index in [0.717, 1.165) is 0 Å². The number of hydrogen-bond acceptors (Lipinski definition) is 8. The van der Waals surface area contributed by atoms with Crippen molar-refractivity contribution in [1.29, 1.82) is 0 Å². The fraction of sp³-hybridized carbons (Fsp3) is 0.174. The van der Waals surface area contributed by atoms with Crippen LogP contribution in [0.15, 0.2) is 69.0 Å². The molecule has 3 aromatic rings. The zero-order chi connectivity index (χ0) is 25.9. The van der Waals surface area contributed by atoms with Gasteiger partial charge in [0.05, 0.1) is 15.5 Å². The van der Waals surface area contributed by atoms with Crippen molar-refractivity contribution in [3.63, 3.8) is 0 Å². The first-order valence-electron chi connectivity index (χ1n) is 10.8. The molecule has 1 aliphatic carbocycles. The van der Waals surface area contributed by atoms with E-state index in [2.05, 4.69) is 20.8 Å². The molecule has 3 N–H and O–H groups in total. The number of fused-ring (bicyclic) bond motifs is 1. The van der Waals surface area contributed by atoms with Gasteiger partial charge in [0.2, 0.25) is 0 Å². The molecule has 1 aliphatic rings. The quantitative estimate of drug-likeness (QED) is 0.337. The molecule has 0 radical (unpaired) electrons. The van der Waals surface area contributed by atoms with Crippen LogP contribution in [0.3, 0.4) is 0 Å². The lowest BCUT2D eigenvalue weighted by Crippen LogP contribution is -2.41. The van der Waals surface area contributed by atoms with Crippen LogP contribution in [0.1, 0.15) is 50.6 Å². The zero-order valence-corrected chi connectivity index (χ0v) is 19.8. The van der Waals surface area contributed by atoms with Crippen molar-refractivity contribution in [3.8, 4) is 0 Å². The molecule has 4 rings (SSSR count). The Morgan fingerprint density at radius 1 is 1.00 bits per heavy atom. The fourth-order valence-corrected chi connectivity index (χ4v) is 4.68. The van der Waals surface area contributed by atoms with Gasteiger partial charge in [0.15, 0.2) is 5.76 Å². The molecule has 0 saturated carbocycles. The summed E-state index contributed by atoms with van der Waals surface area (Å²) in [5.41, 5.74) is 5.07. The zero-order valence-electron chi connectivity index (χ0n) is 19.0. The Hall–Kier alpha value is -4.52. The molecule has 0 saturated heterocycles. The lowest BCUT2D eigenvalue weighted by molar-refractivity contribution is -0.385. The summed E-state index contributed by atoms with van der Waals surface area (Å²) >= 11 is 0. The highest BCUT2D eigenvalue weighted by Crippen LogP contribution is 2.30. The monoisotopic (exact) mass is 511 g/mol. The molecule has 0 spiro atoms. The van der Waals surface area contributed by atoms with E-state index in [1.165, 1.54) is 36.4 Å². The SMILES string of the molecule is Cc1c(C(=O)NNC(=O)c2ccccc2[N+](=O)[O-])oc2c1/C(=N/NS(=O)(=O)c1ccccc1)CCC2. The number of nitro groups is 1. The maximum Gasteiger partial charge on any atom is 0.305 e. The minimum Gasteiger partial charge on any atom is -0.455 e. The van der Waals surface area contributed by atoms with Crippen molar-refractivity contribution in [2.75, 3.05) is 0 Å². The molecule has 2 amide bonds. The predicted molar refractivity (Wildman–Crippen MR) is 128 cm³/mol. The normalized spacial score (nSPS) is 14.1. The van der Waals surface area contributed by atoms with Crippen molar-refractivity contribution in [3.05, 3.63) is 92.9 Å². The Morgan fingerprint density at radius 2 is 1.67 bits per heavy atom. The van der Waals surface area contributed by atoms with Crippen molar-refractivity contribution in [2.24, 2.45) is 5.10 Å². The van der Waals surface area contributed by atoms with Gasteiger partial charge in [-0.1, -0.05) is 30.3 Å². The van der Waals surface area contributed by atoms with Gasteiger partial charge in [0, 0.05) is 23.6 Å². The van der Waals surface area contributed by atoms with E-state index < -0.39 is 32.4 Å². The van der Waals surface area contributed by atoms with Crippen LogP contribution in [-0.2, 0) is 16.4 Å². The molecule has 0 bridgehead atoms. The first-order chi connectivity index (χ1) is 17.2. The number of aryl methyl sites for hydroxylation is 1. The Kier molecular flexibility index (Phi) is 6.83. The van der Waals surface area contributed by atoms with Crippen molar-refractivity contribution >= 4 is 33.2 Å². The van der Waals surface area contributed by atoms with Crippen LogP contribution in [-0.4, -0.2) is 30.9 Å². The number of nitrogens with zero attached hydrogens (tertiary/aromatic N) is 2. The molecule has 0 atom stereocenters. The van der Waals surface area contributed by atoms with E-state index >= 15 is 0 Å². The molecule has 2 aromatic carbocycles. The van der Waals surface area contributed by atoms with E-state index in [1.807, 2.05) is 0 Å². The van der Waals surface area contributed by atoms with Crippen molar-refractivity contribution in [1.82, 2.24) is 15.7 Å². The summed E-state index contributed by atoms with van der Waals surface area (Å²) in [6.45, 7) is 1.62. The van der Waals surface area contributed by atoms with E-state index in [1.54, 1.807) is 25.1 Å². The lowest BCUT2D eigenvalue weighted by atomic mass is 9.93. The smallest absolute Gasteiger partial charge is 0.305 e. The van der Waals surface area contributed by atoms with E-state index in [0.29, 0.717) is 41.9 Å². The molecule has 12 nitrogen and oxygen atoms in total. The first kappa shape index (κ1) is 24.6. The van der Waals surface area contributed by atoms with Crippen LogP contribution in [0, 0.1) is 17.0 Å². The minimum atomic E-state index is -3.88. The maximum absolute atomic E-state index is 12.7. The number of hydrogen-bond donors (Lipinski definition) is 3. The average molecular weight is 512 g/mol. The number of carbonyl (C=O) groups excluding carboxylic acids is 2. The van der Waals surface area contributed by atoms with Gasteiger partial charge < -0.3 is 4.42 Å². The highest BCUT2D eigenvalue weighted by Gasteiger charge is 2.29. The van der Waals surface area contributed by atoms with Gasteiger partial charge in [0.25, 0.3) is 21.6 Å². The van der Waals surface area contributed by atoms with Gasteiger partial charge >= 0.3 is 5.91 Å². The predicted octanol–water partition coefficient (Wildman–Crippen LogP) is 2.59. The number of amides is 2. The number of hydrazine groups is 1. The third-order valence-corrected chi connectivity index (χ3v) is 6.75. The topological polar surface area (TPSA) is 173 Å². The van der Waals surface area contributed by atoms with Crippen LogP contribution in [0.25, 0.3) is 0 Å². The molecule has 0 aliphatic heterocycles. The highest BCUT2D eigenvalue weighted by molar-refractivity contribution is 7.89. The van der Waals surface area contributed by atoms with Gasteiger partial charge in [0.1, 0.15) is 11.3 Å². The summed E-state index contributed by atoms with van der Waals surface area (Å²) in [5.74, 6) is -1.28. The van der Waals surface area contributed by atoms with E-state index in [9.17, 15) is 28.1 Å². The number of hydrazone groups is 1. The molecule has 186 valence electrons. The summed E-state index contributed by atoms with van der Waals surface area (Å²) < 4.78 is 30.8. The van der Waals surface area contributed by atoms with Gasteiger partial charge in [-0.15, -0.1) is 0 Å². The molecule has 0 unspecified atom stereocenters. The number of nitrogens with one attached hydrogen (secondary N) is 3. The molecular formula is C23H21N5O7S.